The maximum absolute atomic E-state index is 5.92. The molecule has 20 heavy (non-hydrogen) atoms. The number of hydrogen-bond acceptors (Lipinski definition) is 6. The van der Waals surface area contributed by atoms with E-state index in [9.17, 15) is 0 Å². The van der Waals surface area contributed by atoms with Gasteiger partial charge in [-0.15, -0.1) is 5.10 Å². The molecule has 0 aromatic carbocycles. The second-order valence-corrected chi connectivity index (χ2v) is 5.15. The third-order valence-corrected chi connectivity index (χ3v) is 3.54. The van der Waals surface area contributed by atoms with Crippen molar-refractivity contribution in [1.29, 1.82) is 0 Å². The van der Waals surface area contributed by atoms with Crippen molar-refractivity contribution in [2.45, 2.75) is 25.9 Å². The Hall–Kier alpha value is -1.89. The van der Waals surface area contributed by atoms with E-state index in [1.807, 2.05) is 19.4 Å². The Bertz CT molecular complexity index is 565. The lowest BCUT2D eigenvalue weighted by atomic mass is 9.91. The van der Waals surface area contributed by atoms with Crippen molar-refractivity contribution in [3.8, 4) is 0 Å². The van der Waals surface area contributed by atoms with Gasteiger partial charge >= 0.3 is 6.01 Å². The molecule has 0 aliphatic carbocycles. The van der Waals surface area contributed by atoms with Gasteiger partial charge in [-0.2, -0.15) is 5.10 Å². The van der Waals surface area contributed by atoms with Crippen molar-refractivity contribution in [1.82, 2.24) is 20.0 Å². The summed E-state index contributed by atoms with van der Waals surface area (Å²) in [5.41, 5.74) is 1.13. The van der Waals surface area contributed by atoms with Gasteiger partial charge in [0.25, 0.3) is 0 Å². The molecule has 1 aliphatic heterocycles. The fraction of sp³-hybridized carbons (Fsp3) is 0.615. The summed E-state index contributed by atoms with van der Waals surface area (Å²) < 4.78 is 13.1. The molecular weight excluding hydrogens is 258 g/mol. The summed E-state index contributed by atoms with van der Waals surface area (Å²) in [6.07, 6.45) is 6.15. The number of hydrogen-bond donors (Lipinski definition) is 1. The highest BCUT2D eigenvalue weighted by Crippen LogP contribution is 2.33. The Kier molecular flexibility index (Phi) is 3.68. The molecule has 1 aliphatic rings. The standard InChI is InChI=1S/C13H19N5O2/c1-9-16-17-13(20-9)14-6-10-4-3-5-19-12(10)11-7-15-18(2)8-11/h7-8,10,12H,3-6H2,1-2H3,(H,14,17)/t10-,12+/m0/s1. The van der Waals surface area contributed by atoms with Crippen LogP contribution in [0.2, 0.25) is 0 Å². The smallest absolute Gasteiger partial charge is 0.315 e. The molecule has 108 valence electrons. The first kappa shape index (κ1) is 13.1. The average Bonchev–Trinajstić information content (AvgIpc) is 3.06. The van der Waals surface area contributed by atoms with Crippen LogP contribution in [0.25, 0.3) is 0 Å². The zero-order chi connectivity index (χ0) is 13.9. The van der Waals surface area contributed by atoms with Crippen molar-refractivity contribution < 1.29 is 9.15 Å². The van der Waals surface area contributed by atoms with Gasteiger partial charge in [-0.25, -0.2) is 0 Å². The Morgan fingerprint density at radius 1 is 1.45 bits per heavy atom. The highest BCUT2D eigenvalue weighted by molar-refractivity contribution is 5.18. The first-order valence-electron chi connectivity index (χ1n) is 6.86. The van der Waals surface area contributed by atoms with Crippen molar-refractivity contribution in [3.05, 3.63) is 23.8 Å². The van der Waals surface area contributed by atoms with E-state index in [0.29, 0.717) is 17.8 Å². The van der Waals surface area contributed by atoms with Crippen molar-refractivity contribution in [3.63, 3.8) is 0 Å². The van der Waals surface area contributed by atoms with Gasteiger partial charge in [-0.3, -0.25) is 4.68 Å². The van der Waals surface area contributed by atoms with Crippen LogP contribution in [0.5, 0.6) is 0 Å². The quantitative estimate of drug-likeness (QED) is 0.916. The summed E-state index contributed by atoms with van der Waals surface area (Å²) in [4.78, 5) is 0. The van der Waals surface area contributed by atoms with Crippen molar-refractivity contribution >= 4 is 6.01 Å². The molecule has 3 rings (SSSR count). The van der Waals surface area contributed by atoms with E-state index in [4.69, 9.17) is 9.15 Å². The molecule has 3 heterocycles. The topological polar surface area (TPSA) is 78.0 Å². The van der Waals surface area contributed by atoms with Gasteiger partial charge in [0.05, 0.1) is 12.3 Å². The van der Waals surface area contributed by atoms with Gasteiger partial charge in [0.1, 0.15) is 0 Å². The third kappa shape index (κ3) is 2.82. The highest BCUT2D eigenvalue weighted by atomic mass is 16.5. The Labute approximate surface area is 117 Å². The Balaban J connectivity index is 1.66. The molecule has 1 fully saturated rings. The number of aryl methyl sites for hydroxylation is 2. The fourth-order valence-corrected chi connectivity index (χ4v) is 2.59. The summed E-state index contributed by atoms with van der Waals surface area (Å²) >= 11 is 0. The monoisotopic (exact) mass is 277 g/mol. The molecule has 0 saturated carbocycles. The molecule has 1 saturated heterocycles. The molecule has 0 radical (unpaired) electrons. The molecule has 0 bridgehead atoms. The van der Waals surface area contributed by atoms with Crippen molar-refractivity contribution in [2.24, 2.45) is 13.0 Å². The van der Waals surface area contributed by atoms with Gasteiger partial charge in [0.15, 0.2) is 0 Å². The summed E-state index contributed by atoms with van der Waals surface area (Å²) in [7, 11) is 1.92. The van der Waals surface area contributed by atoms with E-state index in [0.717, 1.165) is 31.6 Å². The summed E-state index contributed by atoms with van der Waals surface area (Å²) in [6, 6.07) is 0.470. The average molecular weight is 277 g/mol. The van der Waals surface area contributed by atoms with Crippen LogP contribution in [0, 0.1) is 12.8 Å². The maximum Gasteiger partial charge on any atom is 0.315 e. The SMILES string of the molecule is Cc1nnc(NC[C@@H]2CCCO[C@H]2c2cnn(C)c2)o1. The molecule has 2 atom stereocenters. The number of rotatable bonds is 4. The molecule has 7 nitrogen and oxygen atoms in total. The fourth-order valence-electron chi connectivity index (χ4n) is 2.59. The first-order chi connectivity index (χ1) is 9.72. The summed E-state index contributed by atoms with van der Waals surface area (Å²) in [5, 5.41) is 15.2. The van der Waals surface area contributed by atoms with E-state index in [1.54, 1.807) is 11.6 Å². The van der Waals surface area contributed by atoms with Crippen LogP contribution in [0.15, 0.2) is 16.8 Å². The van der Waals surface area contributed by atoms with Gasteiger partial charge in [-0.05, 0) is 12.8 Å². The van der Waals surface area contributed by atoms with E-state index in [1.165, 1.54) is 0 Å². The van der Waals surface area contributed by atoms with E-state index >= 15 is 0 Å². The van der Waals surface area contributed by atoms with Gasteiger partial charge < -0.3 is 14.5 Å². The summed E-state index contributed by atoms with van der Waals surface area (Å²) in [6.45, 7) is 3.33. The first-order valence-corrected chi connectivity index (χ1v) is 6.86. The number of anilines is 1. The summed E-state index contributed by atoms with van der Waals surface area (Å²) in [5.74, 6) is 0.941. The molecule has 0 amide bonds. The predicted octanol–water partition coefficient (Wildman–Crippen LogP) is 1.69. The molecule has 1 N–H and O–H groups in total. The van der Waals surface area contributed by atoms with Crippen LogP contribution in [0.4, 0.5) is 6.01 Å². The molecule has 2 aromatic heterocycles. The van der Waals surface area contributed by atoms with Crippen LogP contribution in [-0.4, -0.2) is 33.1 Å². The van der Waals surface area contributed by atoms with Crippen LogP contribution in [0.3, 0.4) is 0 Å². The molecular formula is C13H19N5O2. The number of nitrogens with one attached hydrogen (secondary N) is 1. The zero-order valence-corrected chi connectivity index (χ0v) is 11.7. The highest BCUT2D eigenvalue weighted by Gasteiger charge is 2.28. The van der Waals surface area contributed by atoms with E-state index < -0.39 is 0 Å². The van der Waals surface area contributed by atoms with Crippen LogP contribution in [-0.2, 0) is 11.8 Å². The lowest BCUT2D eigenvalue weighted by Crippen LogP contribution is -2.28. The minimum atomic E-state index is 0.0777. The molecule has 0 spiro atoms. The minimum absolute atomic E-state index is 0.0777. The van der Waals surface area contributed by atoms with Gasteiger partial charge in [-0.1, -0.05) is 5.10 Å². The van der Waals surface area contributed by atoms with Gasteiger partial charge in [0.2, 0.25) is 5.89 Å². The lowest BCUT2D eigenvalue weighted by Gasteiger charge is -2.31. The predicted molar refractivity (Wildman–Crippen MR) is 72.1 cm³/mol. The van der Waals surface area contributed by atoms with E-state index in [2.05, 4.69) is 20.6 Å². The normalized spacial score (nSPS) is 22.9. The Morgan fingerprint density at radius 3 is 3.05 bits per heavy atom. The van der Waals surface area contributed by atoms with Gasteiger partial charge in [0, 0.05) is 44.8 Å². The third-order valence-electron chi connectivity index (χ3n) is 3.54. The van der Waals surface area contributed by atoms with Crippen LogP contribution >= 0.6 is 0 Å². The second kappa shape index (κ2) is 5.62. The largest absolute Gasteiger partial charge is 0.408 e. The lowest BCUT2D eigenvalue weighted by molar-refractivity contribution is -0.0240. The van der Waals surface area contributed by atoms with E-state index in [-0.39, 0.29) is 6.10 Å². The van der Waals surface area contributed by atoms with Crippen LogP contribution < -0.4 is 5.32 Å². The van der Waals surface area contributed by atoms with Crippen molar-refractivity contribution in [2.75, 3.05) is 18.5 Å². The Morgan fingerprint density at radius 2 is 2.35 bits per heavy atom. The zero-order valence-electron chi connectivity index (χ0n) is 11.7. The second-order valence-electron chi connectivity index (χ2n) is 5.15. The molecule has 7 heteroatoms. The number of aromatic nitrogens is 4. The molecule has 0 unspecified atom stereocenters. The maximum atomic E-state index is 5.92. The minimum Gasteiger partial charge on any atom is -0.408 e. The number of nitrogens with zero attached hydrogens (tertiary/aromatic N) is 4. The number of ether oxygens (including phenoxy) is 1. The molecule has 2 aromatic rings. The van der Waals surface area contributed by atoms with Crippen LogP contribution in [0.1, 0.15) is 30.4 Å².